The highest BCUT2D eigenvalue weighted by molar-refractivity contribution is 7.13. The smallest absolute Gasteiger partial charge is 0.322 e. The number of rotatable bonds is 2. The summed E-state index contributed by atoms with van der Waals surface area (Å²) in [5.41, 5.74) is 1.59. The van der Waals surface area contributed by atoms with Gasteiger partial charge in [-0.1, -0.05) is 18.5 Å². The number of nitrogens with zero attached hydrogens (tertiary/aromatic N) is 2. The van der Waals surface area contributed by atoms with Gasteiger partial charge in [-0.3, -0.25) is 0 Å². The molecule has 2 amide bonds. The number of hydrogen-bond donors (Lipinski definition) is 1. The summed E-state index contributed by atoms with van der Waals surface area (Å²) in [7, 11) is 0. The minimum Gasteiger partial charge on any atom is -0.322 e. The molecular formula is C17H20ClN3OS. The molecule has 2 aromatic rings. The van der Waals surface area contributed by atoms with E-state index in [0.29, 0.717) is 10.9 Å². The number of carbonyl (C=O) groups excluding carboxylic acids is 1. The van der Waals surface area contributed by atoms with Crippen LogP contribution in [0.25, 0.3) is 10.6 Å². The molecule has 0 aliphatic carbocycles. The van der Waals surface area contributed by atoms with Crippen LogP contribution >= 0.6 is 22.9 Å². The number of halogens is 1. The first-order chi connectivity index (χ1) is 11.0. The van der Waals surface area contributed by atoms with Crippen LogP contribution in [0.3, 0.4) is 0 Å². The molecule has 1 aliphatic rings. The number of amides is 2. The van der Waals surface area contributed by atoms with E-state index in [1.165, 1.54) is 11.3 Å². The topological polar surface area (TPSA) is 45.2 Å². The summed E-state index contributed by atoms with van der Waals surface area (Å²) in [6.45, 7) is 5.16. The molecule has 0 spiro atoms. The number of thiazole rings is 1. The van der Waals surface area contributed by atoms with Crippen molar-refractivity contribution in [2.24, 2.45) is 5.92 Å². The maximum atomic E-state index is 12.5. The Morgan fingerprint density at radius 1 is 1.43 bits per heavy atom. The van der Waals surface area contributed by atoms with Crippen LogP contribution in [0.1, 0.15) is 26.7 Å². The van der Waals surface area contributed by atoms with E-state index in [0.717, 1.165) is 35.6 Å². The van der Waals surface area contributed by atoms with Crippen molar-refractivity contribution in [1.29, 1.82) is 0 Å². The van der Waals surface area contributed by atoms with Gasteiger partial charge < -0.3 is 10.2 Å². The third-order valence-corrected chi connectivity index (χ3v) is 5.42. The Kier molecular flexibility index (Phi) is 4.87. The maximum Gasteiger partial charge on any atom is 0.322 e. The number of aromatic nitrogens is 1. The summed E-state index contributed by atoms with van der Waals surface area (Å²) >= 11 is 7.78. The molecule has 0 saturated carbocycles. The normalized spacial score (nSPS) is 21.3. The Bertz CT molecular complexity index is 689. The van der Waals surface area contributed by atoms with Gasteiger partial charge in [0.1, 0.15) is 5.01 Å². The minimum absolute atomic E-state index is 0.0446. The van der Waals surface area contributed by atoms with E-state index in [4.69, 9.17) is 11.6 Å². The molecular weight excluding hydrogens is 330 g/mol. The summed E-state index contributed by atoms with van der Waals surface area (Å²) in [5, 5.41) is 6.39. The Balaban J connectivity index is 1.75. The zero-order valence-corrected chi connectivity index (χ0v) is 14.8. The van der Waals surface area contributed by atoms with Crippen molar-refractivity contribution < 1.29 is 4.79 Å². The van der Waals surface area contributed by atoms with Crippen molar-refractivity contribution in [3.05, 3.63) is 34.8 Å². The van der Waals surface area contributed by atoms with Crippen LogP contribution in [0.5, 0.6) is 0 Å². The molecule has 23 heavy (non-hydrogen) atoms. The van der Waals surface area contributed by atoms with Crippen LogP contribution in [0.2, 0.25) is 5.02 Å². The fraction of sp³-hybridized carbons (Fsp3) is 0.412. The lowest BCUT2D eigenvalue weighted by Gasteiger charge is -2.36. The lowest BCUT2D eigenvalue weighted by Crippen LogP contribution is -2.46. The minimum atomic E-state index is -0.0446. The number of likely N-dealkylation sites (tertiary alicyclic amines) is 1. The van der Waals surface area contributed by atoms with Crippen molar-refractivity contribution in [1.82, 2.24) is 9.88 Å². The molecule has 6 heteroatoms. The zero-order valence-electron chi connectivity index (χ0n) is 13.3. The van der Waals surface area contributed by atoms with Crippen LogP contribution in [0.15, 0.2) is 29.8 Å². The molecule has 122 valence electrons. The molecule has 1 saturated heterocycles. The molecule has 1 fully saturated rings. The lowest BCUT2D eigenvalue weighted by atomic mass is 9.94. The molecule has 0 unspecified atom stereocenters. The van der Waals surface area contributed by atoms with Gasteiger partial charge in [0.25, 0.3) is 0 Å². The quantitative estimate of drug-likeness (QED) is 0.818. The average molecular weight is 350 g/mol. The first-order valence-electron chi connectivity index (χ1n) is 7.81. The summed E-state index contributed by atoms with van der Waals surface area (Å²) < 4.78 is 0. The van der Waals surface area contributed by atoms with Gasteiger partial charge in [0, 0.05) is 35.4 Å². The van der Waals surface area contributed by atoms with Crippen LogP contribution in [0.4, 0.5) is 10.5 Å². The maximum absolute atomic E-state index is 12.5. The third-order valence-electron chi connectivity index (χ3n) is 4.28. The van der Waals surface area contributed by atoms with E-state index >= 15 is 0 Å². The molecule has 1 aromatic heterocycles. The fourth-order valence-electron chi connectivity index (χ4n) is 3.03. The van der Waals surface area contributed by atoms with Crippen molar-refractivity contribution in [2.75, 3.05) is 11.9 Å². The van der Waals surface area contributed by atoms with E-state index < -0.39 is 0 Å². The first-order valence-corrected chi connectivity index (χ1v) is 9.07. The Hall–Kier alpha value is -1.59. The van der Waals surface area contributed by atoms with Crippen LogP contribution in [-0.2, 0) is 0 Å². The van der Waals surface area contributed by atoms with Gasteiger partial charge in [0.05, 0.1) is 5.02 Å². The highest BCUT2D eigenvalue weighted by atomic mass is 35.5. The number of benzene rings is 1. The van der Waals surface area contributed by atoms with E-state index in [-0.39, 0.29) is 12.1 Å². The highest BCUT2D eigenvalue weighted by Crippen LogP contribution is 2.32. The first kappa shape index (κ1) is 16.3. The fourth-order valence-corrected chi connectivity index (χ4v) is 3.96. The molecule has 2 atom stereocenters. The van der Waals surface area contributed by atoms with E-state index in [9.17, 15) is 4.79 Å². The van der Waals surface area contributed by atoms with Gasteiger partial charge >= 0.3 is 6.03 Å². The molecule has 4 nitrogen and oxygen atoms in total. The van der Waals surface area contributed by atoms with Gasteiger partial charge in [0.2, 0.25) is 0 Å². The predicted octanol–water partition coefficient (Wildman–Crippen LogP) is 5.12. The molecule has 1 aliphatic heterocycles. The highest BCUT2D eigenvalue weighted by Gasteiger charge is 2.26. The second-order valence-electron chi connectivity index (χ2n) is 6.13. The van der Waals surface area contributed by atoms with Crippen LogP contribution in [0, 0.1) is 5.92 Å². The standard InChI is InChI=1S/C17H20ClN3OS/c1-11-5-7-21(12(2)9-11)17(22)20-13-3-4-15(18)14(10-13)16-19-6-8-23-16/h3-4,6,8,10-12H,5,7,9H2,1-2H3,(H,20,22)/t11-,12-/m1/s1. The van der Waals surface area contributed by atoms with Gasteiger partial charge in [-0.2, -0.15) is 0 Å². The number of carbonyl (C=O) groups is 1. The summed E-state index contributed by atoms with van der Waals surface area (Å²) in [6, 6.07) is 5.74. The molecule has 0 bridgehead atoms. The largest absolute Gasteiger partial charge is 0.322 e. The number of anilines is 1. The third kappa shape index (κ3) is 3.67. The number of nitrogens with one attached hydrogen (secondary N) is 1. The lowest BCUT2D eigenvalue weighted by molar-refractivity contribution is 0.150. The van der Waals surface area contributed by atoms with E-state index in [2.05, 4.69) is 24.1 Å². The van der Waals surface area contributed by atoms with Crippen molar-refractivity contribution >= 4 is 34.7 Å². The van der Waals surface area contributed by atoms with E-state index in [1.54, 1.807) is 12.3 Å². The van der Waals surface area contributed by atoms with E-state index in [1.807, 2.05) is 22.4 Å². The molecule has 1 aromatic carbocycles. The predicted molar refractivity (Wildman–Crippen MR) is 96.1 cm³/mol. The zero-order chi connectivity index (χ0) is 16.4. The number of piperidine rings is 1. The van der Waals surface area contributed by atoms with Gasteiger partial charge in [-0.15, -0.1) is 11.3 Å². The molecule has 3 rings (SSSR count). The number of urea groups is 1. The monoisotopic (exact) mass is 349 g/mol. The van der Waals surface area contributed by atoms with Crippen molar-refractivity contribution in [3.8, 4) is 10.6 Å². The van der Waals surface area contributed by atoms with Gasteiger partial charge in [0.15, 0.2) is 0 Å². The van der Waals surface area contributed by atoms with Crippen molar-refractivity contribution in [3.63, 3.8) is 0 Å². The average Bonchev–Trinajstić information content (AvgIpc) is 3.03. The second kappa shape index (κ2) is 6.89. The Morgan fingerprint density at radius 3 is 2.96 bits per heavy atom. The van der Waals surface area contributed by atoms with Gasteiger partial charge in [-0.25, -0.2) is 9.78 Å². The van der Waals surface area contributed by atoms with Gasteiger partial charge in [-0.05, 0) is 43.9 Å². The summed E-state index contributed by atoms with van der Waals surface area (Å²) in [4.78, 5) is 18.7. The molecule has 0 radical (unpaired) electrons. The van der Waals surface area contributed by atoms with Crippen LogP contribution in [-0.4, -0.2) is 28.5 Å². The molecule has 2 heterocycles. The Morgan fingerprint density at radius 2 is 2.26 bits per heavy atom. The number of hydrogen-bond acceptors (Lipinski definition) is 3. The summed E-state index contributed by atoms with van der Waals surface area (Å²) in [5.74, 6) is 0.682. The summed E-state index contributed by atoms with van der Waals surface area (Å²) in [6.07, 6.45) is 3.86. The Labute approximate surface area is 145 Å². The van der Waals surface area contributed by atoms with Crippen LogP contribution < -0.4 is 5.32 Å². The molecule has 1 N–H and O–H groups in total. The van der Waals surface area contributed by atoms with Crippen molar-refractivity contribution in [2.45, 2.75) is 32.7 Å². The SMILES string of the molecule is C[C@@H]1CCN(C(=O)Nc2ccc(Cl)c(-c3nccs3)c2)[C@H](C)C1. The second-order valence-corrected chi connectivity index (χ2v) is 7.44.